The van der Waals surface area contributed by atoms with Crippen LogP contribution in [0.2, 0.25) is 0 Å². The van der Waals surface area contributed by atoms with E-state index in [1.54, 1.807) is 18.6 Å². The lowest BCUT2D eigenvalue weighted by atomic mass is 10.1. The van der Waals surface area contributed by atoms with E-state index >= 15 is 0 Å². The van der Waals surface area contributed by atoms with Crippen molar-refractivity contribution in [1.82, 2.24) is 10.1 Å². The highest BCUT2D eigenvalue weighted by molar-refractivity contribution is 5.68. The molecule has 18 heavy (non-hydrogen) atoms. The fourth-order valence-electron chi connectivity index (χ4n) is 1.73. The first-order chi connectivity index (χ1) is 8.75. The van der Waals surface area contributed by atoms with E-state index in [-0.39, 0.29) is 0 Å². The molecule has 0 saturated heterocycles. The molecule has 2 aromatic heterocycles. The van der Waals surface area contributed by atoms with Crippen molar-refractivity contribution in [1.29, 1.82) is 0 Å². The normalized spacial score (nSPS) is 10.7. The highest BCUT2D eigenvalue weighted by Gasteiger charge is 2.13. The Kier molecular flexibility index (Phi) is 2.37. The number of nitrogen functional groups attached to an aromatic ring is 1. The average Bonchev–Trinajstić information content (AvgIpc) is 3.01. The van der Waals surface area contributed by atoms with Gasteiger partial charge in [0.25, 0.3) is 5.89 Å². The minimum absolute atomic E-state index is 0.455. The van der Waals surface area contributed by atoms with E-state index in [4.69, 9.17) is 14.7 Å². The zero-order valence-electron chi connectivity index (χ0n) is 9.75. The molecule has 0 amide bonds. The van der Waals surface area contributed by atoms with Crippen molar-refractivity contribution >= 4 is 5.69 Å². The van der Waals surface area contributed by atoms with Crippen LogP contribution < -0.4 is 5.73 Å². The second kappa shape index (κ2) is 4.03. The van der Waals surface area contributed by atoms with Crippen LogP contribution >= 0.6 is 0 Å². The number of benzene rings is 1. The first-order valence-corrected chi connectivity index (χ1v) is 5.47. The second-order valence-corrected chi connectivity index (χ2v) is 3.95. The molecule has 3 rings (SSSR count). The minimum Gasteiger partial charge on any atom is -0.472 e. The van der Waals surface area contributed by atoms with E-state index in [2.05, 4.69) is 10.1 Å². The quantitative estimate of drug-likeness (QED) is 0.698. The van der Waals surface area contributed by atoms with E-state index in [1.165, 1.54) is 0 Å². The Morgan fingerprint density at radius 2 is 2.11 bits per heavy atom. The number of hydrogen-bond acceptors (Lipinski definition) is 5. The SMILES string of the molecule is Cc1c(N)cccc1-c1nc(-c2ccoc2)no1. The maximum atomic E-state index is 5.85. The highest BCUT2D eigenvalue weighted by atomic mass is 16.5. The van der Waals surface area contributed by atoms with Gasteiger partial charge < -0.3 is 14.7 Å². The summed E-state index contributed by atoms with van der Waals surface area (Å²) in [6, 6.07) is 7.38. The van der Waals surface area contributed by atoms with Gasteiger partial charge in [-0.1, -0.05) is 11.2 Å². The first kappa shape index (κ1) is 10.6. The standard InChI is InChI=1S/C13H11N3O2/c1-8-10(3-2-4-11(8)14)13-15-12(16-18-13)9-5-6-17-7-9/h2-7H,14H2,1H3. The third-order valence-electron chi connectivity index (χ3n) is 2.81. The third-order valence-corrected chi connectivity index (χ3v) is 2.81. The van der Waals surface area contributed by atoms with Crippen molar-refractivity contribution in [3.8, 4) is 22.8 Å². The lowest BCUT2D eigenvalue weighted by Gasteiger charge is -2.02. The van der Waals surface area contributed by atoms with E-state index in [0.717, 1.165) is 16.7 Å². The Balaban J connectivity index is 2.06. The molecule has 3 aromatic rings. The van der Waals surface area contributed by atoms with Gasteiger partial charge in [-0.05, 0) is 30.7 Å². The largest absolute Gasteiger partial charge is 0.472 e. The fraction of sp³-hybridized carbons (Fsp3) is 0.0769. The number of aromatic nitrogens is 2. The maximum Gasteiger partial charge on any atom is 0.258 e. The molecule has 0 spiro atoms. The molecule has 0 saturated carbocycles. The average molecular weight is 241 g/mol. The number of nitrogens with two attached hydrogens (primary N) is 1. The van der Waals surface area contributed by atoms with Gasteiger partial charge in [-0.15, -0.1) is 0 Å². The lowest BCUT2D eigenvalue weighted by molar-refractivity contribution is 0.432. The molecule has 90 valence electrons. The molecule has 5 nitrogen and oxygen atoms in total. The molecule has 5 heteroatoms. The van der Waals surface area contributed by atoms with Gasteiger partial charge in [-0.3, -0.25) is 0 Å². The summed E-state index contributed by atoms with van der Waals surface area (Å²) in [5.74, 6) is 0.955. The first-order valence-electron chi connectivity index (χ1n) is 5.47. The van der Waals surface area contributed by atoms with Gasteiger partial charge >= 0.3 is 0 Å². The van der Waals surface area contributed by atoms with Crippen molar-refractivity contribution in [2.45, 2.75) is 6.92 Å². The maximum absolute atomic E-state index is 5.85. The Hall–Kier alpha value is -2.56. The van der Waals surface area contributed by atoms with E-state index in [0.29, 0.717) is 17.4 Å². The number of nitrogens with zero attached hydrogens (tertiary/aromatic N) is 2. The second-order valence-electron chi connectivity index (χ2n) is 3.95. The van der Waals surface area contributed by atoms with Gasteiger partial charge in [0.2, 0.25) is 5.82 Å². The van der Waals surface area contributed by atoms with Crippen molar-refractivity contribution in [2.75, 3.05) is 5.73 Å². The molecule has 0 fully saturated rings. The predicted molar refractivity (Wildman–Crippen MR) is 66.6 cm³/mol. The highest BCUT2D eigenvalue weighted by Crippen LogP contribution is 2.27. The summed E-state index contributed by atoms with van der Waals surface area (Å²) >= 11 is 0. The molecule has 2 N–H and O–H groups in total. The van der Waals surface area contributed by atoms with Crippen LogP contribution in [-0.2, 0) is 0 Å². The van der Waals surface area contributed by atoms with Gasteiger partial charge in [-0.25, -0.2) is 0 Å². The Morgan fingerprint density at radius 1 is 1.22 bits per heavy atom. The smallest absolute Gasteiger partial charge is 0.258 e. The van der Waals surface area contributed by atoms with Crippen LogP contribution in [0.25, 0.3) is 22.8 Å². The third kappa shape index (κ3) is 1.66. The van der Waals surface area contributed by atoms with Crippen LogP contribution in [0.3, 0.4) is 0 Å². The molecule has 2 heterocycles. The molecule has 0 aliphatic carbocycles. The predicted octanol–water partition coefficient (Wildman–Crippen LogP) is 2.89. The van der Waals surface area contributed by atoms with Gasteiger partial charge in [0, 0.05) is 11.3 Å². The van der Waals surface area contributed by atoms with Crippen molar-refractivity contribution in [3.63, 3.8) is 0 Å². The van der Waals surface area contributed by atoms with Crippen molar-refractivity contribution in [3.05, 3.63) is 42.4 Å². The van der Waals surface area contributed by atoms with Gasteiger partial charge in [0.1, 0.15) is 6.26 Å². The summed E-state index contributed by atoms with van der Waals surface area (Å²) in [6.45, 7) is 1.92. The zero-order valence-corrected chi connectivity index (χ0v) is 9.75. The summed E-state index contributed by atoms with van der Waals surface area (Å²) in [7, 11) is 0. The van der Waals surface area contributed by atoms with Crippen LogP contribution in [-0.4, -0.2) is 10.1 Å². The van der Waals surface area contributed by atoms with E-state index < -0.39 is 0 Å². The molecule has 0 unspecified atom stereocenters. The minimum atomic E-state index is 0.455. The molecule has 0 bridgehead atoms. The van der Waals surface area contributed by atoms with Gasteiger partial charge in [-0.2, -0.15) is 4.98 Å². The topological polar surface area (TPSA) is 78.1 Å². The summed E-state index contributed by atoms with van der Waals surface area (Å²) in [5, 5.41) is 3.92. The van der Waals surface area contributed by atoms with E-state index in [1.807, 2.05) is 25.1 Å². The molecular formula is C13H11N3O2. The van der Waals surface area contributed by atoms with Crippen molar-refractivity contribution < 1.29 is 8.94 Å². The van der Waals surface area contributed by atoms with Crippen LogP contribution in [0.5, 0.6) is 0 Å². The molecule has 0 aliphatic rings. The summed E-state index contributed by atoms with van der Waals surface area (Å²) in [5.41, 5.74) is 9.12. The molecule has 0 aliphatic heterocycles. The van der Waals surface area contributed by atoms with Gasteiger partial charge in [0.15, 0.2) is 0 Å². The Labute approximate surface area is 103 Å². The Bertz CT molecular complexity index is 671. The van der Waals surface area contributed by atoms with Crippen LogP contribution in [0, 0.1) is 6.92 Å². The van der Waals surface area contributed by atoms with Crippen LogP contribution in [0.4, 0.5) is 5.69 Å². The lowest BCUT2D eigenvalue weighted by Crippen LogP contribution is -1.91. The number of anilines is 1. The number of hydrogen-bond donors (Lipinski definition) is 1. The summed E-state index contributed by atoms with van der Waals surface area (Å²) in [4.78, 5) is 4.33. The summed E-state index contributed by atoms with van der Waals surface area (Å²) in [6.07, 6.45) is 3.14. The molecule has 1 aromatic carbocycles. The monoisotopic (exact) mass is 241 g/mol. The number of rotatable bonds is 2. The number of furan rings is 1. The van der Waals surface area contributed by atoms with E-state index in [9.17, 15) is 0 Å². The van der Waals surface area contributed by atoms with Crippen LogP contribution in [0.15, 0.2) is 45.7 Å². The fourth-order valence-corrected chi connectivity index (χ4v) is 1.73. The van der Waals surface area contributed by atoms with Crippen LogP contribution in [0.1, 0.15) is 5.56 Å². The molecule has 0 radical (unpaired) electrons. The van der Waals surface area contributed by atoms with Gasteiger partial charge in [0.05, 0.1) is 11.8 Å². The zero-order chi connectivity index (χ0) is 12.5. The molecule has 0 atom stereocenters. The molecular weight excluding hydrogens is 230 g/mol. The summed E-state index contributed by atoms with van der Waals surface area (Å²) < 4.78 is 10.2. The Morgan fingerprint density at radius 3 is 2.89 bits per heavy atom. The van der Waals surface area contributed by atoms with Crippen molar-refractivity contribution in [2.24, 2.45) is 0 Å².